The molecular weight excluding hydrogens is 336 g/mol. The van der Waals surface area contributed by atoms with E-state index in [0.29, 0.717) is 11.1 Å². The Morgan fingerprint density at radius 3 is 2.24 bits per heavy atom. The summed E-state index contributed by atoms with van der Waals surface area (Å²) in [6, 6.07) is 13.0. The van der Waals surface area contributed by atoms with E-state index >= 15 is 0 Å². The molecule has 1 amide bonds. The second kappa shape index (κ2) is 7.80. The summed E-state index contributed by atoms with van der Waals surface area (Å²) in [5.74, 6) is -0.380. The largest absolute Gasteiger partial charge is 0.352 e. The highest BCUT2D eigenvalue weighted by molar-refractivity contribution is 7.89. The first-order valence-corrected chi connectivity index (χ1v) is 9.64. The molecule has 1 atom stereocenters. The number of sulfonamides is 1. The van der Waals surface area contributed by atoms with Gasteiger partial charge in [0.05, 0.1) is 4.90 Å². The van der Waals surface area contributed by atoms with E-state index in [1.807, 2.05) is 32.9 Å². The number of carbonyl (C=O) groups excluding carboxylic acids is 1. The van der Waals surface area contributed by atoms with Crippen LogP contribution in [-0.4, -0.2) is 20.4 Å². The maximum Gasteiger partial charge on any atom is 0.242 e. The van der Waals surface area contributed by atoms with Crippen LogP contribution in [0.25, 0.3) is 0 Å². The summed E-state index contributed by atoms with van der Waals surface area (Å²) < 4.78 is 28.3. The van der Waals surface area contributed by atoms with Gasteiger partial charge >= 0.3 is 0 Å². The normalized spacial score (nSPS) is 12.8. The topological polar surface area (TPSA) is 75.3 Å². The average molecular weight is 360 g/mol. The molecule has 2 aromatic carbocycles. The molecule has 0 saturated carbocycles. The van der Waals surface area contributed by atoms with Gasteiger partial charge in [-0.1, -0.05) is 42.5 Å². The second-order valence-corrected chi connectivity index (χ2v) is 8.08. The van der Waals surface area contributed by atoms with Crippen molar-refractivity contribution in [2.45, 2.75) is 44.7 Å². The first-order valence-electron chi connectivity index (χ1n) is 8.15. The van der Waals surface area contributed by atoms with Gasteiger partial charge in [0.2, 0.25) is 15.9 Å². The van der Waals surface area contributed by atoms with Crippen molar-refractivity contribution < 1.29 is 13.2 Å². The maximum absolute atomic E-state index is 12.9. The lowest BCUT2D eigenvalue weighted by Gasteiger charge is -2.21. The number of rotatable bonds is 6. The molecule has 6 heteroatoms. The number of carbonyl (C=O) groups is 1. The van der Waals surface area contributed by atoms with E-state index in [2.05, 4.69) is 10.0 Å². The predicted molar refractivity (Wildman–Crippen MR) is 98.7 cm³/mol. The highest BCUT2D eigenvalue weighted by Crippen LogP contribution is 2.21. The standard InChI is InChI=1S/C19H24N2O3S/c1-13(2)20-19(22)18(16-8-6-5-7-9-16)21-25(23,24)17-12-14(3)10-11-15(17)4/h5-13,18,21H,1-4H3,(H,20,22)/t18-/m0/s1. The number of nitrogens with one attached hydrogen (secondary N) is 2. The second-order valence-electron chi connectivity index (χ2n) is 6.40. The molecule has 0 aliphatic rings. The zero-order chi connectivity index (χ0) is 18.6. The van der Waals surface area contributed by atoms with E-state index < -0.39 is 16.1 Å². The fourth-order valence-electron chi connectivity index (χ4n) is 2.50. The van der Waals surface area contributed by atoms with Crippen molar-refractivity contribution in [3.63, 3.8) is 0 Å². The molecular formula is C19H24N2O3S. The monoisotopic (exact) mass is 360 g/mol. The Morgan fingerprint density at radius 1 is 1.00 bits per heavy atom. The summed E-state index contributed by atoms with van der Waals surface area (Å²) in [7, 11) is -3.85. The van der Waals surface area contributed by atoms with Gasteiger partial charge in [-0.05, 0) is 50.5 Å². The van der Waals surface area contributed by atoms with Crippen molar-refractivity contribution in [2.75, 3.05) is 0 Å². The fourth-order valence-corrected chi connectivity index (χ4v) is 4.02. The molecule has 0 heterocycles. The van der Waals surface area contributed by atoms with Crippen LogP contribution in [0.3, 0.4) is 0 Å². The molecule has 25 heavy (non-hydrogen) atoms. The summed E-state index contributed by atoms with van der Waals surface area (Å²) in [6.45, 7) is 7.23. The molecule has 0 spiro atoms. The van der Waals surface area contributed by atoms with Gasteiger partial charge in [0, 0.05) is 6.04 Å². The SMILES string of the molecule is Cc1ccc(C)c(S(=O)(=O)N[C@H](C(=O)NC(C)C)c2ccccc2)c1. The van der Waals surface area contributed by atoms with Gasteiger partial charge in [0.15, 0.2) is 0 Å². The maximum atomic E-state index is 12.9. The minimum atomic E-state index is -3.85. The van der Waals surface area contributed by atoms with Crippen molar-refractivity contribution in [3.8, 4) is 0 Å². The van der Waals surface area contributed by atoms with Crippen LogP contribution in [0.15, 0.2) is 53.4 Å². The van der Waals surface area contributed by atoms with Crippen molar-refractivity contribution in [1.82, 2.24) is 10.0 Å². The lowest BCUT2D eigenvalue weighted by molar-refractivity contribution is -0.123. The number of benzene rings is 2. The predicted octanol–water partition coefficient (Wildman–Crippen LogP) is 2.85. The minimum absolute atomic E-state index is 0.0936. The Morgan fingerprint density at radius 2 is 1.64 bits per heavy atom. The van der Waals surface area contributed by atoms with Crippen molar-refractivity contribution in [2.24, 2.45) is 0 Å². The number of amides is 1. The third-order valence-corrected chi connectivity index (χ3v) is 5.30. The Bertz CT molecular complexity index is 846. The summed E-state index contributed by atoms with van der Waals surface area (Å²) in [5, 5.41) is 2.78. The molecule has 5 nitrogen and oxygen atoms in total. The van der Waals surface area contributed by atoms with Crippen LogP contribution in [0.1, 0.15) is 36.6 Å². The molecule has 0 bridgehead atoms. The van der Waals surface area contributed by atoms with Crippen molar-refractivity contribution >= 4 is 15.9 Å². The number of hydrogen-bond donors (Lipinski definition) is 2. The summed E-state index contributed by atoms with van der Waals surface area (Å²) in [5.41, 5.74) is 2.07. The van der Waals surface area contributed by atoms with Crippen LogP contribution in [-0.2, 0) is 14.8 Å². The Labute approximate surface area is 149 Å². The molecule has 0 aliphatic heterocycles. The molecule has 2 N–H and O–H groups in total. The fraction of sp³-hybridized carbons (Fsp3) is 0.316. The number of aryl methyl sites for hydroxylation is 2. The van der Waals surface area contributed by atoms with Crippen LogP contribution in [0, 0.1) is 13.8 Å². The highest BCUT2D eigenvalue weighted by atomic mass is 32.2. The number of hydrogen-bond acceptors (Lipinski definition) is 3. The first kappa shape index (κ1) is 19.1. The lowest BCUT2D eigenvalue weighted by atomic mass is 10.1. The van der Waals surface area contributed by atoms with E-state index in [9.17, 15) is 13.2 Å². The Balaban J connectivity index is 2.42. The van der Waals surface area contributed by atoms with Crippen LogP contribution >= 0.6 is 0 Å². The lowest BCUT2D eigenvalue weighted by Crippen LogP contribution is -2.42. The Kier molecular flexibility index (Phi) is 5.98. The third-order valence-electron chi connectivity index (χ3n) is 3.73. The third kappa shape index (κ3) is 4.90. The van der Waals surface area contributed by atoms with Crippen LogP contribution in [0.5, 0.6) is 0 Å². The summed E-state index contributed by atoms with van der Waals surface area (Å²) in [4.78, 5) is 12.8. The summed E-state index contributed by atoms with van der Waals surface area (Å²) in [6.07, 6.45) is 0. The van der Waals surface area contributed by atoms with E-state index in [1.54, 1.807) is 43.3 Å². The molecule has 2 aromatic rings. The molecule has 0 saturated heterocycles. The molecule has 2 rings (SSSR count). The van der Waals surface area contributed by atoms with E-state index in [1.165, 1.54) is 0 Å². The van der Waals surface area contributed by atoms with Crippen LogP contribution < -0.4 is 10.0 Å². The first-order chi connectivity index (χ1) is 11.7. The van der Waals surface area contributed by atoms with Gasteiger partial charge in [-0.15, -0.1) is 0 Å². The molecule has 134 valence electrons. The molecule has 0 aromatic heterocycles. The van der Waals surface area contributed by atoms with Crippen LogP contribution in [0.2, 0.25) is 0 Å². The molecule has 0 aliphatic carbocycles. The van der Waals surface area contributed by atoms with E-state index in [-0.39, 0.29) is 16.8 Å². The minimum Gasteiger partial charge on any atom is -0.352 e. The van der Waals surface area contributed by atoms with Gasteiger partial charge < -0.3 is 5.32 Å². The molecule has 0 radical (unpaired) electrons. The van der Waals surface area contributed by atoms with Gasteiger partial charge in [-0.2, -0.15) is 4.72 Å². The quantitative estimate of drug-likeness (QED) is 0.832. The Hall–Kier alpha value is -2.18. The van der Waals surface area contributed by atoms with Gasteiger partial charge in [0.1, 0.15) is 6.04 Å². The van der Waals surface area contributed by atoms with Crippen molar-refractivity contribution in [1.29, 1.82) is 0 Å². The highest BCUT2D eigenvalue weighted by Gasteiger charge is 2.28. The average Bonchev–Trinajstić information content (AvgIpc) is 2.55. The van der Waals surface area contributed by atoms with Crippen LogP contribution in [0.4, 0.5) is 0 Å². The molecule has 0 fully saturated rings. The van der Waals surface area contributed by atoms with E-state index in [4.69, 9.17) is 0 Å². The van der Waals surface area contributed by atoms with E-state index in [0.717, 1.165) is 5.56 Å². The zero-order valence-corrected chi connectivity index (χ0v) is 15.7. The van der Waals surface area contributed by atoms with Crippen molar-refractivity contribution in [3.05, 3.63) is 65.2 Å². The molecule has 0 unspecified atom stereocenters. The van der Waals surface area contributed by atoms with Gasteiger partial charge in [-0.25, -0.2) is 8.42 Å². The summed E-state index contributed by atoms with van der Waals surface area (Å²) >= 11 is 0. The zero-order valence-electron chi connectivity index (χ0n) is 14.9. The van der Waals surface area contributed by atoms with Gasteiger partial charge in [0.25, 0.3) is 0 Å². The van der Waals surface area contributed by atoms with Gasteiger partial charge in [-0.3, -0.25) is 4.79 Å². The smallest absolute Gasteiger partial charge is 0.242 e.